The number of hydrogen-bond donors (Lipinski definition) is 3. The van der Waals surface area contributed by atoms with Crippen LogP contribution in [0, 0.1) is 0 Å². The summed E-state index contributed by atoms with van der Waals surface area (Å²) >= 11 is 0. The number of aryl methyl sites for hydroxylation is 1. The van der Waals surface area contributed by atoms with Gasteiger partial charge in [-0.15, -0.1) is 0 Å². The maximum atomic E-state index is 14.0. The van der Waals surface area contributed by atoms with Crippen molar-refractivity contribution in [3.05, 3.63) is 89.0 Å². The summed E-state index contributed by atoms with van der Waals surface area (Å²) in [7, 11) is 0. The number of fused-ring (bicyclic) bond motifs is 15. The van der Waals surface area contributed by atoms with E-state index in [4.69, 9.17) is 4.74 Å². The van der Waals surface area contributed by atoms with Crippen molar-refractivity contribution < 1.29 is 37.1 Å². The first-order valence-corrected chi connectivity index (χ1v) is 15.5. The third-order valence-corrected chi connectivity index (χ3v) is 8.26. The predicted molar refractivity (Wildman–Crippen MR) is 169 cm³/mol. The molecular weight excluding hydrogens is 613 g/mol. The standard InChI is InChI=1S/C35H37F3N4O5/c1-34(2)20-30(43)41-28-13-11-24-19-25(35(36,37)38)12-14-29(24)42(33(28)46)21-22-7-9-23(10-8-22)26-5-3-4-6-27(26)32(45)39-16-15-31(44)47-18-17-40-34/h3-10,12,14,19,28,40H,11,13,15-18,20-21H2,1-2H3,(H,39,45)(H,41,43)/t28-/m1/s1. The van der Waals surface area contributed by atoms with Crippen LogP contribution in [0.25, 0.3) is 11.1 Å². The molecule has 4 bridgehead atoms. The van der Waals surface area contributed by atoms with Gasteiger partial charge in [0.05, 0.1) is 18.5 Å². The molecule has 1 atom stereocenters. The number of esters is 1. The third kappa shape index (κ3) is 8.37. The molecule has 9 nitrogen and oxygen atoms in total. The molecule has 0 fully saturated rings. The highest BCUT2D eigenvalue weighted by Gasteiger charge is 2.36. The summed E-state index contributed by atoms with van der Waals surface area (Å²) < 4.78 is 46.2. The van der Waals surface area contributed by atoms with Crippen LogP contribution in [0.4, 0.5) is 18.9 Å². The van der Waals surface area contributed by atoms with Crippen molar-refractivity contribution in [2.24, 2.45) is 0 Å². The van der Waals surface area contributed by atoms with Crippen LogP contribution in [0.3, 0.4) is 0 Å². The van der Waals surface area contributed by atoms with Gasteiger partial charge >= 0.3 is 12.1 Å². The Morgan fingerprint density at radius 3 is 2.34 bits per heavy atom. The largest absolute Gasteiger partial charge is 0.464 e. The third-order valence-electron chi connectivity index (χ3n) is 8.26. The number of carbonyl (C=O) groups excluding carboxylic acids is 4. The van der Waals surface area contributed by atoms with Crippen LogP contribution in [0.1, 0.15) is 60.2 Å². The fraction of sp³-hybridized carbons (Fsp3) is 0.371. The SMILES string of the molecule is CC1(C)CC(=O)N[C@@H]2CCc3cc(C(F)(F)F)ccc3N(Cc3ccc(cc3)-c3ccccc3C(=O)NCCC(=O)OCCN1)C2=O. The molecule has 0 saturated heterocycles. The summed E-state index contributed by atoms with van der Waals surface area (Å²) in [5.74, 6) is -1.67. The minimum absolute atomic E-state index is 0.00997. The average Bonchev–Trinajstić information content (AvgIpc) is 3.14. The molecule has 0 unspecified atom stereocenters. The van der Waals surface area contributed by atoms with Gasteiger partial charge in [-0.25, -0.2) is 0 Å². The number of ether oxygens (including phenoxy) is 1. The average molecular weight is 651 g/mol. The van der Waals surface area contributed by atoms with E-state index in [1.807, 2.05) is 0 Å². The van der Waals surface area contributed by atoms with Gasteiger partial charge in [-0.3, -0.25) is 19.2 Å². The first kappa shape index (κ1) is 33.6. The molecule has 3 aromatic rings. The number of alkyl halides is 3. The van der Waals surface area contributed by atoms with Crippen molar-refractivity contribution in [1.82, 2.24) is 16.0 Å². The molecule has 3 heterocycles. The number of carbonyl (C=O) groups is 4. The molecule has 0 radical (unpaired) electrons. The summed E-state index contributed by atoms with van der Waals surface area (Å²) in [6, 6.07) is 16.6. The first-order chi connectivity index (χ1) is 22.3. The van der Waals surface area contributed by atoms with Gasteiger partial charge < -0.3 is 25.6 Å². The second-order valence-electron chi connectivity index (χ2n) is 12.4. The summed E-state index contributed by atoms with van der Waals surface area (Å²) in [5.41, 5.74) is 1.68. The van der Waals surface area contributed by atoms with E-state index < -0.39 is 41.1 Å². The lowest BCUT2D eigenvalue weighted by Gasteiger charge is -2.29. The number of nitrogens with zero attached hydrogens (tertiary/aromatic N) is 1. The molecule has 6 rings (SSSR count). The molecule has 3 N–H and O–H groups in total. The Balaban J connectivity index is 1.50. The van der Waals surface area contributed by atoms with Gasteiger partial charge in [0, 0.05) is 36.3 Å². The predicted octanol–water partition coefficient (Wildman–Crippen LogP) is 4.77. The normalized spacial score (nSPS) is 19.9. The van der Waals surface area contributed by atoms with Gasteiger partial charge in [-0.2, -0.15) is 13.2 Å². The molecule has 3 aliphatic heterocycles. The zero-order valence-corrected chi connectivity index (χ0v) is 26.2. The van der Waals surface area contributed by atoms with Crippen molar-refractivity contribution in [1.29, 1.82) is 0 Å². The molecule has 12 heteroatoms. The highest BCUT2D eigenvalue weighted by Crippen LogP contribution is 2.36. The number of halogens is 3. The Kier molecular flexibility index (Phi) is 9.99. The molecule has 0 aliphatic carbocycles. The van der Waals surface area contributed by atoms with E-state index in [0.717, 1.165) is 17.7 Å². The molecule has 0 spiro atoms. The number of anilines is 1. The fourth-order valence-corrected chi connectivity index (χ4v) is 5.87. The van der Waals surface area contributed by atoms with E-state index in [1.165, 1.54) is 11.0 Å². The minimum atomic E-state index is -4.55. The first-order valence-electron chi connectivity index (χ1n) is 15.5. The maximum absolute atomic E-state index is 14.0. The monoisotopic (exact) mass is 650 g/mol. The van der Waals surface area contributed by atoms with Crippen molar-refractivity contribution in [3.8, 4) is 11.1 Å². The van der Waals surface area contributed by atoms with Crippen molar-refractivity contribution >= 4 is 29.4 Å². The summed E-state index contributed by atoms with van der Waals surface area (Å²) in [5, 5.41) is 8.76. The molecule has 3 amide bonds. The van der Waals surface area contributed by atoms with Crippen LogP contribution >= 0.6 is 0 Å². The van der Waals surface area contributed by atoms with Crippen LogP contribution in [0.5, 0.6) is 0 Å². The Hall–Kier alpha value is -4.71. The molecule has 47 heavy (non-hydrogen) atoms. The topological polar surface area (TPSA) is 117 Å². The fourth-order valence-electron chi connectivity index (χ4n) is 5.87. The number of nitrogens with one attached hydrogen (secondary N) is 3. The Bertz CT molecular complexity index is 1660. The zero-order valence-electron chi connectivity index (χ0n) is 26.2. The van der Waals surface area contributed by atoms with Crippen molar-refractivity contribution in [3.63, 3.8) is 0 Å². The summed E-state index contributed by atoms with van der Waals surface area (Å²) in [6.07, 6.45) is -4.30. The van der Waals surface area contributed by atoms with Crippen LogP contribution in [-0.4, -0.2) is 55.0 Å². The molecule has 0 saturated carbocycles. The minimum Gasteiger partial charge on any atom is -0.464 e. The van der Waals surface area contributed by atoms with Crippen molar-refractivity contribution in [2.75, 3.05) is 24.6 Å². The summed E-state index contributed by atoms with van der Waals surface area (Å²) in [6.45, 7) is 4.03. The van der Waals surface area contributed by atoms with Gasteiger partial charge in [0.1, 0.15) is 12.6 Å². The number of rotatable bonds is 0. The Morgan fingerprint density at radius 2 is 1.62 bits per heavy atom. The smallest absolute Gasteiger partial charge is 0.416 e. The Labute approximate surface area is 270 Å². The number of hydrogen-bond acceptors (Lipinski definition) is 6. The maximum Gasteiger partial charge on any atom is 0.416 e. The van der Waals surface area contributed by atoms with Crippen LogP contribution in [0.2, 0.25) is 0 Å². The summed E-state index contributed by atoms with van der Waals surface area (Å²) in [4.78, 5) is 53.9. The van der Waals surface area contributed by atoms with E-state index in [1.54, 1.807) is 62.4 Å². The highest BCUT2D eigenvalue weighted by atomic mass is 19.4. The molecule has 3 aromatic carbocycles. The van der Waals surface area contributed by atoms with E-state index in [-0.39, 0.29) is 57.8 Å². The lowest BCUT2D eigenvalue weighted by atomic mass is 9.98. The van der Waals surface area contributed by atoms with Crippen molar-refractivity contribution in [2.45, 2.75) is 63.8 Å². The Morgan fingerprint density at radius 1 is 0.894 bits per heavy atom. The quantitative estimate of drug-likeness (QED) is 0.302. The van der Waals surface area contributed by atoms with Gasteiger partial charge in [0.15, 0.2) is 0 Å². The second-order valence-corrected chi connectivity index (χ2v) is 12.4. The van der Waals surface area contributed by atoms with E-state index >= 15 is 0 Å². The molecule has 248 valence electrons. The second kappa shape index (κ2) is 14.0. The van der Waals surface area contributed by atoms with Crippen LogP contribution in [0.15, 0.2) is 66.7 Å². The van der Waals surface area contributed by atoms with Gasteiger partial charge in [0.25, 0.3) is 5.91 Å². The van der Waals surface area contributed by atoms with Crippen LogP contribution < -0.4 is 20.9 Å². The lowest BCUT2D eigenvalue weighted by molar-refractivity contribution is -0.143. The highest BCUT2D eigenvalue weighted by molar-refractivity contribution is 6.01. The van der Waals surface area contributed by atoms with Gasteiger partial charge in [-0.1, -0.05) is 42.5 Å². The van der Waals surface area contributed by atoms with Gasteiger partial charge in [0.2, 0.25) is 11.8 Å². The molecule has 0 aromatic heterocycles. The zero-order chi connectivity index (χ0) is 33.8. The number of benzene rings is 3. The van der Waals surface area contributed by atoms with E-state index in [0.29, 0.717) is 27.9 Å². The van der Waals surface area contributed by atoms with Crippen LogP contribution in [-0.2, 0) is 38.3 Å². The number of amides is 3. The van der Waals surface area contributed by atoms with E-state index in [9.17, 15) is 32.3 Å². The molecule has 3 aliphatic rings. The van der Waals surface area contributed by atoms with E-state index in [2.05, 4.69) is 16.0 Å². The molecular formula is C35H37F3N4O5. The lowest BCUT2D eigenvalue weighted by Crippen LogP contribution is -2.51. The van der Waals surface area contributed by atoms with Gasteiger partial charge in [-0.05, 0) is 73.2 Å².